The second-order valence-corrected chi connectivity index (χ2v) is 3.92. The lowest BCUT2D eigenvalue weighted by Gasteiger charge is -2.12. The van der Waals surface area contributed by atoms with E-state index in [9.17, 15) is 14.4 Å². The molecule has 0 saturated carbocycles. The summed E-state index contributed by atoms with van der Waals surface area (Å²) in [6, 6.07) is 1.13. The number of H-pyrrole nitrogens is 1. The number of ether oxygens (including phenoxy) is 1. The molecule has 0 aliphatic carbocycles. The van der Waals surface area contributed by atoms with Crippen molar-refractivity contribution >= 4 is 5.78 Å². The first kappa shape index (κ1) is 11.7. The zero-order valence-electron chi connectivity index (χ0n) is 9.12. The molecule has 2 N–H and O–H groups in total. The van der Waals surface area contributed by atoms with E-state index in [1.807, 2.05) is 4.98 Å². The zero-order chi connectivity index (χ0) is 12.6. The minimum Gasteiger partial charge on any atom is -0.394 e. The highest BCUT2D eigenvalue weighted by atomic mass is 16.5. The third kappa shape index (κ3) is 1.94. The summed E-state index contributed by atoms with van der Waals surface area (Å²) in [4.78, 5) is 36.2. The molecule has 17 heavy (non-hydrogen) atoms. The fraction of sp³-hybridized carbons (Fsp3) is 0.500. The lowest BCUT2D eigenvalue weighted by Crippen LogP contribution is -2.34. The highest BCUT2D eigenvalue weighted by Crippen LogP contribution is 2.28. The summed E-state index contributed by atoms with van der Waals surface area (Å²) in [5, 5.41) is 9.01. The number of hydrogen-bond donors (Lipinski definition) is 2. The molecule has 1 aliphatic rings. The summed E-state index contributed by atoms with van der Waals surface area (Å²) in [5.74, 6) is -0.776. The molecule has 0 spiro atoms. The number of carbonyl (C=O) groups is 1. The van der Waals surface area contributed by atoms with Crippen molar-refractivity contribution in [2.45, 2.75) is 19.3 Å². The van der Waals surface area contributed by atoms with Gasteiger partial charge in [-0.05, 0) is 0 Å². The van der Waals surface area contributed by atoms with Gasteiger partial charge in [0.25, 0.3) is 5.56 Å². The lowest BCUT2D eigenvalue weighted by molar-refractivity contribution is -0.128. The van der Waals surface area contributed by atoms with Crippen molar-refractivity contribution in [3.8, 4) is 0 Å². The summed E-state index contributed by atoms with van der Waals surface area (Å²) in [7, 11) is 0. The molecule has 1 unspecified atom stereocenters. The molecule has 1 saturated heterocycles. The maximum Gasteiger partial charge on any atom is 0.330 e. The molecule has 1 aliphatic heterocycles. The molecule has 0 bridgehead atoms. The Balaban J connectivity index is 2.39. The van der Waals surface area contributed by atoms with Gasteiger partial charge in [-0.2, -0.15) is 0 Å². The smallest absolute Gasteiger partial charge is 0.330 e. The van der Waals surface area contributed by atoms with E-state index in [0.29, 0.717) is 0 Å². The predicted molar refractivity (Wildman–Crippen MR) is 56.5 cm³/mol. The molecule has 92 valence electrons. The zero-order valence-corrected chi connectivity index (χ0v) is 9.12. The lowest BCUT2D eigenvalue weighted by atomic mass is 10.0. The van der Waals surface area contributed by atoms with Crippen LogP contribution in [-0.4, -0.2) is 33.2 Å². The fourth-order valence-electron chi connectivity index (χ4n) is 1.77. The minimum atomic E-state index is -1.08. The van der Waals surface area contributed by atoms with Crippen LogP contribution >= 0.6 is 0 Å². The topological polar surface area (TPSA) is 101 Å². The second kappa shape index (κ2) is 4.27. The van der Waals surface area contributed by atoms with Crippen LogP contribution in [0.15, 0.2) is 21.9 Å². The molecule has 1 aromatic rings. The highest BCUT2D eigenvalue weighted by molar-refractivity contribution is 5.85. The predicted octanol–water partition coefficient (Wildman–Crippen LogP) is -1.37. The third-order valence-electron chi connectivity index (χ3n) is 2.84. The van der Waals surface area contributed by atoms with E-state index < -0.39 is 29.5 Å². The largest absolute Gasteiger partial charge is 0.394 e. The number of hydrogen-bond acceptors (Lipinski definition) is 5. The van der Waals surface area contributed by atoms with Gasteiger partial charge < -0.3 is 9.84 Å². The average molecular weight is 240 g/mol. The van der Waals surface area contributed by atoms with Crippen molar-refractivity contribution in [1.82, 2.24) is 9.55 Å². The second-order valence-electron chi connectivity index (χ2n) is 3.92. The number of Topliss-reactive ketones (excluding diaryl/α,β-unsaturated/α-hetero) is 1. The number of nitrogens with one attached hydrogen (secondary N) is 1. The van der Waals surface area contributed by atoms with Crippen LogP contribution in [0, 0.1) is 5.92 Å². The van der Waals surface area contributed by atoms with Crippen molar-refractivity contribution in [3.63, 3.8) is 0 Å². The maximum absolute atomic E-state index is 11.8. The Labute approximate surface area is 95.7 Å². The Morgan fingerprint density at radius 1 is 1.47 bits per heavy atom. The first-order valence-corrected chi connectivity index (χ1v) is 5.16. The van der Waals surface area contributed by atoms with Gasteiger partial charge in [-0.3, -0.25) is 19.1 Å². The average Bonchev–Trinajstić information content (AvgIpc) is 2.57. The van der Waals surface area contributed by atoms with E-state index in [1.54, 1.807) is 6.92 Å². The highest BCUT2D eigenvalue weighted by Gasteiger charge is 2.41. The van der Waals surface area contributed by atoms with Gasteiger partial charge >= 0.3 is 5.69 Å². The van der Waals surface area contributed by atoms with E-state index >= 15 is 0 Å². The Kier molecular flexibility index (Phi) is 2.95. The van der Waals surface area contributed by atoms with Crippen LogP contribution in [0.4, 0.5) is 0 Å². The Bertz CT molecular complexity index is 546. The fourth-order valence-corrected chi connectivity index (χ4v) is 1.77. The normalized spacial score (nSPS) is 28.6. The quantitative estimate of drug-likeness (QED) is 0.664. The van der Waals surface area contributed by atoms with Crippen molar-refractivity contribution in [1.29, 1.82) is 0 Å². The monoisotopic (exact) mass is 240 g/mol. The summed E-state index contributed by atoms with van der Waals surface area (Å²) in [6.45, 7) is 1.33. The molecule has 0 amide bonds. The Hall–Kier alpha value is -1.73. The van der Waals surface area contributed by atoms with Crippen molar-refractivity contribution in [2.24, 2.45) is 5.92 Å². The van der Waals surface area contributed by atoms with E-state index in [1.165, 1.54) is 6.20 Å². The van der Waals surface area contributed by atoms with Crippen LogP contribution in [-0.2, 0) is 9.53 Å². The number of rotatable bonds is 2. The number of carbonyl (C=O) groups excluding carboxylic acids is 1. The third-order valence-corrected chi connectivity index (χ3v) is 2.84. The van der Waals surface area contributed by atoms with Gasteiger partial charge in [-0.1, -0.05) is 6.92 Å². The van der Waals surface area contributed by atoms with Gasteiger partial charge in [0.1, 0.15) is 0 Å². The number of aromatic nitrogens is 2. The van der Waals surface area contributed by atoms with Crippen LogP contribution in [0.1, 0.15) is 13.2 Å². The molecule has 0 aromatic carbocycles. The molecule has 3 atom stereocenters. The molecule has 0 radical (unpaired) electrons. The van der Waals surface area contributed by atoms with E-state index in [4.69, 9.17) is 9.84 Å². The van der Waals surface area contributed by atoms with Crippen LogP contribution < -0.4 is 11.2 Å². The van der Waals surface area contributed by atoms with Crippen LogP contribution in [0.2, 0.25) is 0 Å². The molecule has 1 fully saturated rings. The van der Waals surface area contributed by atoms with Gasteiger partial charge in [0.15, 0.2) is 12.0 Å². The molecule has 7 nitrogen and oxygen atoms in total. The van der Waals surface area contributed by atoms with Crippen molar-refractivity contribution in [3.05, 3.63) is 33.1 Å². The number of ketones is 1. The number of aromatic amines is 1. The van der Waals surface area contributed by atoms with E-state index in [-0.39, 0.29) is 12.4 Å². The summed E-state index contributed by atoms with van der Waals surface area (Å²) in [5.41, 5.74) is -1.25. The van der Waals surface area contributed by atoms with Crippen molar-refractivity contribution in [2.75, 3.05) is 6.61 Å². The van der Waals surface area contributed by atoms with Gasteiger partial charge in [-0.25, -0.2) is 4.79 Å². The van der Waals surface area contributed by atoms with Gasteiger partial charge in [0.2, 0.25) is 0 Å². The molecule has 2 heterocycles. The maximum atomic E-state index is 11.8. The Morgan fingerprint density at radius 2 is 2.18 bits per heavy atom. The van der Waals surface area contributed by atoms with Gasteiger partial charge in [0.05, 0.1) is 12.7 Å². The van der Waals surface area contributed by atoms with Gasteiger partial charge in [0, 0.05) is 18.2 Å². The summed E-state index contributed by atoms with van der Waals surface area (Å²) in [6.07, 6.45) is -0.492. The van der Waals surface area contributed by atoms with Crippen LogP contribution in [0.25, 0.3) is 0 Å². The number of aliphatic hydroxyl groups excluding tert-OH is 1. The number of aliphatic hydroxyl groups is 1. The molecule has 1 aromatic heterocycles. The minimum absolute atomic E-state index is 0.290. The van der Waals surface area contributed by atoms with Crippen LogP contribution in [0.3, 0.4) is 0 Å². The first-order chi connectivity index (χ1) is 8.04. The molecular weight excluding hydrogens is 228 g/mol. The van der Waals surface area contributed by atoms with E-state index in [0.717, 1.165) is 10.6 Å². The van der Waals surface area contributed by atoms with Gasteiger partial charge in [-0.15, -0.1) is 0 Å². The summed E-state index contributed by atoms with van der Waals surface area (Å²) >= 11 is 0. The Morgan fingerprint density at radius 3 is 2.71 bits per heavy atom. The molecule has 2 rings (SSSR count). The SMILES string of the molecule is CC1C(=O)[C@H](n2ccc(=O)[nH]c2=O)O[C@@H]1CO. The van der Waals surface area contributed by atoms with Crippen molar-refractivity contribution < 1.29 is 14.6 Å². The van der Waals surface area contributed by atoms with E-state index in [2.05, 4.69) is 0 Å². The standard InChI is InChI=1S/C10H12N2O5/c1-5-6(4-13)17-9(8(5)15)12-3-2-7(14)11-10(12)16/h2-3,5-6,9,13H,4H2,1H3,(H,11,14,16)/t5?,6-,9-/m1/s1. The number of nitrogens with zero attached hydrogens (tertiary/aromatic N) is 1. The molecular formula is C10H12N2O5. The van der Waals surface area contributed by atoms with Crippen LogP contribution in [0.5, 0.6) is 0 Å². The molecule has 7 heteroatoms. The first-order valence-electron chi connectivity index (χ1n) is 5.16. The summed E-state index contributed by atoms with van der Waals surface area (Å²) < 4.78 is 6.29.